The van der Waals surface area contributed by atoms with Crippen LogP contribution in [0, 0.1) is 0 Å². The number of aromatic nitrogens is 1. The third-order valence-electron chi connectivity index (χ3n) is 3.82. The van der Waals surface area contributed by atoms with Crippen LogP contribution in [-0.2, 0) is 6.54 Å². The van der Waals surface area contributed by atoms with Crippen LogP contribution >= 0.6 is 0 Å². The smallest absolute Gasteiger partial charge is 0.0312 e. The maximum Gasteiger partial charge on any atom is 0.0312 e. The van der Waals surface area contributed by atoms with Gasteiger partial charge in [-0.3, -0.25) is 9.88 Å². The fourth-order valence-electron chi connectivity index (χ4n) is 2.69. The molecular formula is C15H25N3. The first-order valence-electron chi connectivity index (χ1n) is 7.16. The number of rotatable bonds is 4. The van der Waals surface area contributed by atoms with E-state index in [1.54, 1.807) is 0 Å². The van der Waals surface area contributed by atoms with E-state index in [9.17, 15) is 0 Å². The van der Waals surface area contributed by atoms with Crippen LogP contribution in [-0.4, -0.2) is 35.1 Å². The first-order valence-corrected chi connectivity index (χ1v) is 7.16. The van der Waals surface area contributed by atoms with Crippen molar-refractivity contribution in [1.82, 2.24) is 15.2 Å². The molecule has 1 aliphatic rings. The minimum atomic E-state index is 0.650. The summed E-state index contributed by atoms with van der Waals surface area (Å²) >= 11 is 0. The van der Waals surface area contributed by atoms with Gasteiger partial charge >= 0.3 is 0 Å². The van der Waals surface area contributed by atoms with E-state index >= 15 is 0 Å². The van der Waals surface area contributed by atoms with E-state index in [0.717, 1.165) is 19.6 Å². The van der Waals surface area contributed by atoms with Crippen LogP contribution in [0.25, 0.3) is 0 Å². The summed E-state index contributed by atoms with van der Waals surface area (Å²) in [5.74, 6) is 0. The molecule has 1 saturated heterocycles. The van der Waals surface area contributed by atoms with Gasteiger partial charge in [0.2, 0.25) is 0 Å². The minimum Gasteiger partial charge on any atom is -0.313 e. The Morgan fingerprint density at radius 1 is 1.50 bits per heavy atom. The van der Waals surface area contributed by atoms with E-state index in [1.165, 1.54) is 24.8 Å². The lowest BCUT2D eigenvalue weighted by molar-refractivity contribution is 0.193. The van der Waals surface area contributed by atoms with Gasteiger partial charge in [0.05, 0.1) is 0 Å². The highest BCUT2D eigenvalue weighted by Gasteiger charge is 2.22. The molecule has 1 N–H and O–H groups in total. The van der Waals surface area contributed by atoms with E-state index < -0.39 is 0 Å². The van der Waals surface area contributed by atoms with Crippen LogP contribution in [0.5, 0.6) is 0 Å². The molecule has 1 aliphatic heterocycles. The van der Waals surface area contributed by atoms with Gasteiger partial charge in [-0.15, -0.1) is 0 Å². The average molecular weight is 247 g/mol. The molecule has 1 fully saturated rings. The second-order valence-corrected chi connectivity index (χ2v) is 5.37. The molecule has 100 valence electrons. The van der Waals surface area contributed by atoms with Crippen LogP contribution < -0.4 is 5.32 Å². The summed E-state index contributed by atoms with van der Waals surface area (Å²) in [4.78, 5) is 6.81. The normalized spacial score (nSPS) is 25.9. The van der Waals surface area contributed by atoms with Crippen molar-refractivity contribution in [1.29, 1.82) is 0 Å². The largest absolute Gasteiger partial charge is 0.313 e. The predicted molar refractivity (Wildman–Crippen MR) is 75.4 cm³/mol. The molecule has 3 heteroatoms. The number of hydrogen-bond donors (Lipinski definition) is 1. The molecule has 3 nitrogen and oxygen atoms in total. The monoisotopic (exact) mass is 247 g/mol. The van der Waals surface area contributed by atoms with Gasteiger partial charge in [0.15, 0.2) is 0 Å². The van der Waals surface area contributed by atoms with E-state index in [2.05, 4.69) is 35.1 Å². The minimum absolute atomic E-state index is 0.650. The highest BCUT2D eigenvalue weighted by Crippen LogP contribution is 2.15. The third-order valence-corrected chi connectivity index (χ3v) is 3.82. The van der Waals surface area contributed by atoms with Gasteiger partial charge in [-0.2, -0.15) is 0 Å². The molecule has 2 unspecified atom stereocenters. The molecule has 0 amide bonds. The molecule has 2 atom stereocenters. The lowest BCUT2D eigenvalue weighted by Crippen LogP contribution is -2.39. The molecule has 1 aromatic heterocycles. The summed E-state index contributed by atoms with van der Waals surface area (Å²) in [6, 6.07) is 5.50. The Bertz CT molecular complexity index is 339. The zero-order chi connectivity index (χ0) is 12.8. The van der Waals surface area contributed by atoms with Crippen LogP contribution in [0.3, 0.4) is 0 Å². The molecule has 0 saturated carbocycles. The fraction of sp³-hybridized carbons (Fsp3) is 0.667. The molecule has 0 radical (unpaired) electrons. The molecule has 0 aromatic carbocycles. The van der Waals surface area contributed by atoms with E-state index in [0.29, 0.717) is 12.1 Å². The lowest BCUT2D eigenvalue weighted by atomic mass is 10.1. The molecule has 2 rings (SSSR count). The van der Waals surface area contributed by atoms with Gasteiger partial charge in [-0.1, -0.05) is 19.4 Å². The van der Waals surface area contributed by atoms with E-state index in [1.807, 2.05) is 18.5 Å². The van der Waals surface area contributed by atoms with E-state index in [4.69, 9.17) is 0 Å². The van der Waals surface area contributed by atoms with Crippen LogP contribution in [0.2, 0.25) is 0 Å². The summed E-state index contributed by atoms with van der Waals surface area (Å²) in [5.41, 5.74) is 1.32. The Morgan fingerprint density at radius 2 is 2.39 bits per heavy atom. The highest BCUT2D eigenvalue weighted by atomic mass is 15.2. The summed E-state index contributed by atoms with van der Waals surface area (Å²) in [6.45, 7) is 7.93. The Balaban J connectivity index is 1.99. The topological polar surface area (TPSA) is 28.2 Å². The summed E-state index contributed by atoms with van der Waals surface area (Å²) < 4.78 is 0. The first kappa shape index (κ1) is 13.5. The van der Waals surface area contributed by atoms with Crippen molar-refractivity contribution >= 4 is 0 Å². The molecule has 0 spiro atoms. The maximum absolute atomic E-state index is 4.21. The quantitative estimate of drug-likeness (QED) is 0.885. The van der Waals surface area contributed by atoms with Crippen molar-refractivity contribution < 1.29 is 0 Å². The summed E-state index contributed by atoms with van der Waals surface area (Å²) in [7, 11) is 0. The molecule has 2 heterocycles. The van der Waals surface area contributed by atoms with Crippen molar-refractivity contribution in [2.75, 3.05) is 13.1 Å². The predicted octanol–water partition coefficient (Wildman–Crippen LogP) is 2.43. The van der Waals surface area contributed by atoms with Crippen LogP contribution in [0.1, 0.15) is 38.7 Å². The van der Waals surface area contributed by atoms with Gasteiger partial charge in [0.25, 0.3) is 0 Å². The van der Waals surface area contributed by atoms with Crippen LogP contribution in [0.15, 0.2) is 24.5 Å². The Hall–Kier alpha value is -0.930. The maximum atomic E-state index is 4.21. The van der Waals surface area contributed by atoms with Crippen molar-refractivity contribution in [3.8, 4) is 0 Å². The summed E-state index contributed by atoms with van der Waals surface area (Å²) in [6.07, 6.45) is 7.60. The fourth-order valence-corrected chi connectivity index (χ4v) is 2.69. The van der Waals surface area contributed by atoms with Crippen molar-refractivity contribution in [2.45, 2.75) is 51.7 Å². The number of nitrogens with zero attached hydrogens (tertiary/aromatic N) is 2. The van der Waals surface area contributed by atoms with Gasteiger partial charge in [-0.05, 0) is 37.9 Å². The van der Waals surface area contributed by atoms with Gasteiger partial charge in [0, 0.05) is 37.6 Å². The second kappa shape index (κ2) is 6.86. The molecular weight excluding hydrogens is 222 g/mol. The lowest BCUT2D eigenvalue weighted by Gasteiger charge is -2.29. The third kappa shape index (κ3) is 3.79. The SMILES string of the molecule is CCCC1CN(Cc2cccnc2)C(C)CCN1. The summed E-state index contributed by atoms with van der Waals surface area (Å²) in [5, 5.41) is 3.67. The van der Waals surface area contributed by atoms with Gasteiger partial charge < -0.3 is 5.32 Å². The average Bonchev–Trinajstić information content (AvgIpc) is 2.54. The molecule has 0 bridgehead atoms. The Kier molecular flexibility index (Phi) is 5.14. The van der Waals surface area contributed by atoms with Gasteiger partial charge in [0.1, 0.15) is 0 Å². The zero-order valence-corrected chi connectivity index (χ0v) is 11.6. The van der Waals surface area contributed by atoms with Crippen molar-refractivity contribution in [2.24, 2.45) is 0 Å². The molecule has 18 heavy (non-hydrogen) atoms. The number of nitrogens with one attached hydrogen (secondary N) is 1. The van der Waals surface area contributed by atoms with Crippen LogP contribution in [0.4, 0.5) is 0 Å². The Morgan fingerprint density at radius 3 is 3.11 bits per heavy atom. The standard InChI is InChI=1S/C15H25N3/c1-3-5-15-12-18(13(2)7-9-17-15)11-14-6-4-8-16-10-14/h4,6,8,10,13,15,17H,3,5,7,9,11-12H2,1-2H3. The van der Waals surface area contributed by atoms with Crippen molar-refractivity contribution in [3.05, 3.63) is 30.1 Å². The molecule has 0 aliphatic carbocycles. The number of hydrogen-bond acceptors (Lipinski definition) is 3. The zero-order valence-electron chi connectivity index (χ0n) is 11.6. The van der Waals surface area contributed by atoms with Crippen molar-refractivity contribution in [3.63, 3.8) is 0 Å². The first-order chi connectivity index (χ1) is 8.79. The molecule has 1 aromatic rings. The highest BCUT2D eigenvalue weighted by molar-refractivity contribution is 5.08. The van der Waals surface area contributed by atoms with Gasteiger partial charge in [-0.25, -0.2) is 0 Å². The number of pyridine rings is 1. The Labute approximate surface area is 111 Å². The second-order valence-electron chi connectivity index (χ2n) is 5.37. The van der Waals surface area contributed by atoms with E-state index in [-0.39, 0.29) is 0 Å².